The third-order valence-electron chi connectivity index (χ3n) is 3.43. The summed E-state index contributed by atoms with van der Waals surface area (Å²) in [7, 11) is 1.56. The smallest absolute Gasteiger partial charge is 0.253 e. The summed E-state index contributed by atoms with van der Waals surface area (Å²) >= 11 is 0. The van der Waals surface area contributed by atoms with Gasteiger partial charge in [-0.1, -0.05) is 29.8 Å². The zero-order valence-corrected chi connectivity index (χ0v) is 12.5. The van der Waals surface area contributed by atoms with Gasteiger partial charge in [0.2, 0.25) is 0 Å². The number of nitrogens with one attached hydrogen (secondary N) is 1. The van der Waals surface area contributed by atoms with Crippen molar-refractivity contribution in [1.82, 2.24) is 5.32 Å². The van der Waals surface area contributed by atoms with Crippen LogP contribution in [0.3, 0.4) is 0 Å². The lowest BCUT2D eigenvalue weighted by molar-refractivity contribution is 0.0941. The van der Waals surface area contributed by atoms with E-state index in [2.05, 4.69) is 5.32 Å². The predicted molar refractivity (Wildman–Crippen MR) is 84.5 cm³/mol. The van der Waals surface area contributed by atoms with Crippen LogP contribution < -0.4 is 15.8 Å². The Kier molecular flexibility index (Phi) is 4.48. The fourth-order valence-corrected chi connectivity index (χ4v) is 2.09. The number of rotatable bonds is 4. The molecular weight excluding hydrogens is 264 g/mol. The number of ether oxygens (including phenoxy) is 1. The van der Waals surface area contributed by atoms with E-state index in [0.29, 0.717) is 17.0 Å². The molecule has 0 aromatic heterocycles. The number of benzene rings is 2. The second-order valence-electron chi connectivity index (χ2n) is 5.06. The Morgan fingerprint density at radius 1 is 1.19 bits per heavy atom. The Bertz CT molecular complexity index is 636. The summed E-state index contributed by atoms with van der Waals surface area (Å²) in [5, 5.41) is 2.95. The van der Waals surface area contributed by atoms with Crippen molar-refractivity contribution in [3.63, 3.8) is 0 Å². The van der Waals surface area contributed by atoms with Crippen LogP contribution >= 0.6 is 0 Å². The maximum absolute atomic E-state index is 12.3. The van der Waals surface area contributed by atoms with E-state index in [1.54, 1.807) is 25.3 Å². The highest BCUT2D eigenvalue weighted by Gasteiger charge is 2.14. The molecular formula is C17H20N2O2. The number of methoxy groups -OCH3 is 1. The first-order chi connectivity index (χ1) is 10.0. The van der Waals surface area contributed by atoms with E-state index in [4.69, 9.17) is 10.5 Å². The molecule has 2 rings (SSSR count). The number of carbonyl (C=O) groups is 1. The second kappa shape index (κ2) is 6.31. The van der Waals surface area contributed by atoms with Crippen LogP contribution in [0.5, 0.6) is 5.75 Å². The van der Waals surface area contributed by atoms with Gasteiger partial charge in [0, 0.05) is 11.8 Å². The normalized spacial score (nSPS) is 11.8. The second-order valence-corrected chi connectivity index (χ2v) is 5.06. The maximum atomic E-state index is 12.3. The van der Waals surface area contributed by atoms with E-state index in [0.717, 1.165) is 5.56 Å². The van der Waals surface area contributed by atoms with Crippen molar-refractivity contribution < 1.29 is 9.53 Å². The first kappa shape index (κ1) is 14.9. The summed E-state index contributed by atoms with van der Waals surface area (Å²) < 4.78 is 5.08. The van der Waals surface area contributed by atoms with Gasteiger partial charge in [0.05, 0.1) is 18.7 Å². The standard InChI is InChI=1S/C17H20N2O2/c1-11-4-6-13(7-5-11)12(2)19-17(20)15-9-8-14(21-3)10-16(15)18/h4-10,12H,18H2,1-3H3,(H,19,20)/t12-/m1/s1. The van der Waals surface area contributed by atoms with Gasteiger partial charge in [-0.2, -0.15) is 0 Å². The Labute approximate surface area is 124 Å². The molecule has 4 heteroatoms. The molecule has 2 aromatic rings. The zero-order chi connectivity index (χ0) is 15.4. The number of nitrogen functional groups attached to an aromatic ring is 1. The third kappa shape index (κ3) is 3.54. The lowest BCUT2D eigenvalue weighted by Crippen LogP contribution is -2.27. The average molecular weight is 284 g/mol. The van der Waals surface area contributed by atoms with Gasteiger partial charge in [-0.3, -0.25) is 4.79 Å². The summed E-state index contributed by atoms with van der Waals surface area (Å²) in [5.41, 5.74) is 9.00. The molecule has 110 valence electrons. The zero-order valence-electron chi connectivity index (χ0n) is 12.5. The van der Waals surface area contributed by atoms with Crippen molar-refractivity contribution in [3.05, 3.63) is 59.2 Å². The van der Waals surface area contributed by atoms with Crippen molar-refractivity contribution in [2.75, 3.05) is 12.8 Å². The Morgan fingerprint density at radius 2 is 1.86 bits per heavy atom. The molecule has 21 heavy (non-hydrogen) atoms. The van der Waals surface area contributed by atoms with Gasteiger partial charge >= 0.3 is 0 Å². The van der Waals surface area contributed by atoms with Gasteiger partial charge in [-0.15, -0.1) is 0 Å². The van der Waals surface area contributed by atoms with Crippen molar-refractivity contribution in [1.29, 1.82) is 0 Å². The van der Waals surface area contributed by atoms with E-state index >= 15 is 0 Å². The van der Waals surface area contributed by atoms with Crippen molar-refractivity contribution >= 4 is 11.6 Å². The van der Waals surface area contributed by atoms with Gasteiger partial charge in [0.15, 0.2) is 0 Å². The van der Waals surface area contributed by atoms with E-state index in [1.807, 2.05) is 38.1 Å². The highest BCUT2D eigenvalue weighted by atomic mass is 16.5. The van der Waals surface area contributed by atoms with Gasteiger partial charge in [-0.05, 0) is 31.5 Å². The summed E-state index contributed by atoms with van der Waals surface area (Å²) in [6.07, 6.45) is 0. The number of nitrogens with two attached hydrogens (primary N) is 1. The van der Waals surface area contributed by atoms with Crippen LogP contribution in [0.25, 0.3) is 0 Å². The van der Waals surface area contributed by atoms with Gasteiger partial charge in [0.1, 0.15) is 5.75 Å². The van der Waals surface area contributed by atoms with Crippen LogP contribution in [0.1, 0.15) is 34.5 Å². The molecule has 0 fully saturated rings. The molecule has 4 nitrogen and oxygen atoms in total. The summed E-state index contributed by atoms with van der Waals surface area (Å²) in [5.74, 6) is 0.443. The molecule has 2 aromatic carbocycles. The van der Waals surface area contributed by atoms with Crippen LogP contribution in [0.2, 0.25) is 0 Å². The Hall–Kier alpha value is -2.49. The fourth-order valence-electron chi connectivity index (χ4n) is 2.09. The average Bonchev–Trinajstić information content (AvgIpc) is 2.47. The third-order valence-corrected chi connectivity index (χ3v) is 3.43. The lowest BCUT2D eigenvalue weighted by atomic mass is 10.1. The van der Waals surface area contributed by atoms with Gasteiger partial charge < -0.3 is 15.8 Å². The highest BCUT2D eigenvalue weighted by molar-refractivity contribution is 5.99. The van der Waals surface area contributed by atoms with Crippen molar-refractivity contribution in [3.8, 4) is 5.75 Å². The first-order valence-corrected chi connectivity index (χ1v) is 6.82. The number of hydrogen-bond donors (Lipinski definition) is 2. The summed E-state index contributed by atoms with van der Waals surface area (Å²) in [6.45, 7) is 3.98. The topological polar surface area (TPSA) is 64.3 Å². The number of amides is 1. The quantitative estimate of drug-likeness (QED) is 0.848. The SMILES string of the molecule is COc1ccc(C(=O)N[C@H](C)c2ccc(C)cc2)c(N)c1. The molecule has 0 unspecified atom stereocenters. The molecule has 0 saturated carbocycles. The van der Waals surface area contributed by atoms with E-state index in [1.165, 1.54) is 5.56 Å². The minimum absolute atomic E-state index is 0.0837. The molecule has 3 N–H and O–H groups in total. The molecule has 0 saturated heterocycles. The first-order valence-electron chi connectivity index (χ1n) is 6.82. The Balaban J connectivity index is 2.12. The molecule has 1 amide bonds. The van der Waals surface area contributed by atoms with E-state index < -0.39 is 0 Å². The highest BCUT2D eigenvalue weighted by Crippen LogP contribution is 2.21. The molecule has 1 atom stereocenters. The van der Waals surface area contributed by atoms with E-state index in [9.17, 15) is 4.79 Å². The summed E-state index contributed by atoms with van der Waals surface area (Å²) in [4.78, 5) is 12.3. The lowest BCUT2D eigenvalue weighted by Gasteiger charge is -2.15. The Morgan fingerprint density at radius 3 is 2.43 bits per heavy atom. The molecule has 0 radical (unpaired) electrons. The van der Waals surface area contributed by atoms with Gasteiger partial charge in [-0.25, -0.2) is 0 Å². The predicted octanol–water partition coefficient (Wildman–Crippen LogP) is 3.08. The minimum Gasteiger partial charge on any atom is -0.497 e. The number of aryl methyl sites for hydroxylation is 1. The largest absolute Gasteiger partial charge is 0.497 e. The van der Waals surface area contributed by atoms with Crippen LogP contribution in [-0.4, -0.2) is 13.0 Å². The van der Waals surface area contributed by atoms with E-state index in [-0.39, 0.29) is 11.9 Å². The molecule has 0 heterocycles. The summed E-state index contributed by atoms with van der Waals surface area (Å²) in [6, 6.07) is 13.0. The molecule has 0 aliphatic carbocycles. The number of anilines is 1. The van der Waals surface area contributed by atoms with Gasteiger partial charge in [0.25, 0.3) is 5.91 Å². The fraction of sp³-hybridized carbons (Fsp3) is 0.235. The maximum Gasteiger partial charge on any atom is 0.253 e. The van der Waals surface area contributed by atoms with Crippen LogP contribution in [0, 0.1) is 6.92 Å². The van der Waals surface area contributed by atoms with Crippen molar-refractivity contribution in [2.45, 2.75) is 19.9 Å². The monoisotopic (exact) mass is 284 g/mol. The number of hydrogen-bond acceptors (Lipinski definition) is 3. The van der Waals surface area contributed by atoms with Crippen LogP contribution in [0.4, 0.5) is 5.69 Å². The molecule has 0 aliphatic heterocycles. The molecule has 0 spiro atoms. The molecule has 0 bridgehead atoms. The minimum atomic E-state index is -0.191. The van der Waals surface area contributed by atoms with Crippen LogP contribution in [0.15, 0.2) is 42.5 Å². The van der Waals surface area contributed by atoms with Crippen LogP contribution in [-0.2, 0) is 0 Å². The molecule has 0 aliphatic rings. The van der Waals surface area contributed by atoms with Crippen molar-refractivity contribution in [2.24, 2.45) is 0 Å². The number of carbonyl (C=O) groups excluding carboxylic acids is 1.